The maximum atomic E-state index is 13.0. The number of hydrogen-bond acceptors (Lipinski definition) is 5. The molecule has 0 aliphatic rings. The SMILES string of the molecule is CCCCCOc1ccc(C(O)(C(=O)OCCN(CC)CC)c2ccccc2)cc1.Cl. The number of hydrogen-bond donors (Lipinski definition) is 1. The van der Waals surface area contributed by atoms with Crippen molar-refractivity contribution in [1.29, 1.82) is 0 Å². The van der Waals surface area contributed by atoms with E-state index in [1.54, 1.807) is 48.5 Å². The molecule has 5 nitrogen and oxygen atoms in total. The highest BCUT2D eigenvalue weighted by molar-refractivity contribution is 5.85. The van der Waals surface area contributed by atoms with Gasteiger partial charge in [0.1, 0.15) is 12.4 Å². The highest BCUT2D eigenvalue weighted by atomic mass is 35.5. The van der Waals surface area contributed by atoms with E-state index in [1.807, 2.05) is 6.07 Å². The molecule has 1 unspecified atom stereocenters. The molecule has 0 aromatic heterocycles. The van der Waals surface area contributed by atoms with Gasteiger partial charge in [0.25, 0.3) is 0 Å². The number of benzene rings is 2. The van der Waals surface area contributed by atoms with Gasteiger partial charge < -0.3 is 19.5 Å². The highest BCUT2D eigenvalue weighted by Crippen LogP contribution is 2.32. The van der Waals surface area contributed by atoms with E-state index < -0.39 is 11.6 Å². The number of carbonyl (C=O) groups is 1. The van der Waals surface area contributed by atoms with E-state index in [1.165, 1.54) is 0 Å². The van der Waals surface area contributed by atoms with E-state index in [-0.39, 0.29) is 19.0 Å². The maximum Gasteiger partial charge on any atom is 0.347 e. The number of halogens is 1. The zero-order valence-corrected chi connectivity index (χ0v) is 19.7. The lowest BCUT2D eigenvalue weighted by Gasteiger charge is -2.28. The van der Waals surface area contributed by atoms with Crippen LogP contribution in [0.2, 0.25) is 0 Å². The molecule has 172 valence electrons. The lowest BCUT2D eigenvalue weighted by atomic mass is 9.86. The first-order valence-corrected chi connectivity index (χ1v) is 11.0. The van der Waals surface area contributed by atoms with Gasteiger partial charge in [-0.3, -0.25) is 0 Å². The summed E-state index contributed by atoms with van der Waals surface area (Å²) < 4.78 is 11.3. The summed E-state index contributed by atoms with van der Waals surface area (Å²) in [5, 5.41) is 11.5. The molecule has 0 fully saturated rings. The van der Waals surface area contributed by atoms with Crippen molar-refractivity contribution in [3.63, 3.8) is 0 Å². The summed E-state index contributed by atoms with van der Waals surface area (Å²) in [5.74, 6) is 0.0534. The molecular formula is C25H36ClNO4. The van der Waals surface area contributed by atoms with Crippen LogP contribution in [0.5, 0.6) is 5.75 Å². The largest absolute Gasteiger partial charge is 0.494 e. The summed E-state index contributed by atoms with van der Waals surface area (Å²) in [6.07, 6.45) is 3.28. The van der Waals surface area contributed by atoms with Gasteiger partial charge in [-0.05, 0) is 42.8 Å². The summed E-state index contributed by atoms with van der Waals surface area (Å²) in [7, 11) is 0. The fourth-order valence-electron chi connectivity index (χ4n) is 3.33. The molecule has 31 heavy (non-hydrogen) atoms. The molecule has 1 atom stereocenters. The quantitative estimate of drug-likeness (QED) is 0.351. The van der Waals surface area contributed by atoms with Gasteiger partial charge in [0.05, 0.1) is 6.61 Å². The van der Waals surface area contributed by atoms with Gasteiger partial charge in [0, 0.05) is 6.54 Å². The Balaban J connectivity index is 0.00000480. The van der Waals surface area contributed by atoms with E-state index >= 15 is 0 Å². The maximum absolute atomic E-state index is 13.0. The van der Waals surface area contributed by atoms with Crippen LogP contribution in [0.3, 0.4) is 0 Å². The highest BCUT2D eigenvalue weighted by Gasteiger charge is 2.41. The topological polar surface area (TPSA) is 59.0 Å². The Morgan fingerprint density at radius 1 is 0.903 bits per heavy atom. The van der Waals surface area contributed by atoms with Crippen molar-refractivity contribution in [2.75, 3.05) is 32.8 Å². The Morgan fingerprint density at radius 3 is 2.10 bits per heavy atom. The van der Waals surface area contributed by atoms with Crippen LogP contribution in [0.25, 0.3) is 0 Å². The van der Waals surface area contributed by atoms with Crippen LogP contribution in [0.4, 0.5) is 0 Å². The third kappa shape index (κ3) is 7.53. The number of rotatable bonds is 13. The van der Waals surface area contributed by atoms with Crippen molar-refractivity contribution in [3.8, 4) is 5.75 Å². The molecule has 0 radical (unpaired) electrons. The van der Waals surface area contributed by atoms with Crippen LogP contribution in [0.1, 0.15) is 51.2 Å². The van der Waals surface area contributed by atoms with Crippen molar-refractivity contribution in [1.82, 2.24) is 4.90 Å². The first-order chi connectivity index (χ1) is 14.6. The molecule has 0 aliphatic carbocycles. The Hall–Kier alpha value is -2.08. The molecule has 2 aromatic rings. The lowest BCUT2D eigenvalue weighted by Crippen LogP contribution is -2.40. The number of nitrogens with zero attached hydrogens (tertiary/aromatic N) is 1. The molecule has 1 N–H and O–H groups in total. The predicted molar refractivity (Wildman–Crippen MR) is 127 cm³/mol. The Morgan fingerprint density at radius 2 is 1.52 bits per heavy atom. The molecule has 0 aliphatic heterocycles. The van der Waals surface area contributed by atoms with Crippen LogP contribution in [-0.2, 0) is 15.1 Å². The Kier molecular flexibility index (Phi) is 12.2. The van der Waals surface area contributed by atoms with Crippen LogP contribution in [0, 0.1) is 0 Å². The second kappa shape index (κ2) is 14.1. The first kappa shape index (κ1) is 27.0. The van der Waals surface area contributed by atoms with Crippen LogP contribution >= 0.6 is 12.4 Å². The summed E-state index contributed by atoms with van der Waals surface area (Å²) in [5.41, 5.74) is -0.928. The van der Waals surface area contributed by atoms with Crippen LogP contribution < -0.4 is 4.74 Å². The van der Waals surface area contributed by atoms with Crippen LogP contribution in [0.15, 0.2) is 54.6 Å². The molecule has 2 rings (SSSR count). The van der Waals surface area contributed by atoms with Gasteiger partial charge in [0.2, 0.25) is 5.60 Å². The minimum Gasteiger partial charge on any atom is -0.494 e. The molecule has 0 heterocycles. The van der Waals surface area contributed by atoms with Crippen molar-refractivity contribution in [3.05, 3.63) is 65.7 Å². The number of ether oxygens (including phenoxy) is 2. The Labute approximate surface area is 192 Å². The van der Waals surface area contributed by atoms with E-state index in [2.05, 4.69) is 25.7 Å². The fourth-order valence-corrected chi connectivity index (χ4v) is 3.33. The van der Waals surface area contributed by atoms with Crippen molar-refractivity contribution in [2.24, 2.45) is 0 Å². The van der Waals surface area contributed by atoms with Gasteiger partial charge in [-0.15, -0.1) is 12.4 Å². The molecule has 0 saturated heterocycles. The van der Waals surface area contributed by atoms with Gasteiger partial charge in [0.15, 0.2) is 0 Å². The van der Waals surface area contributed by atoms with Gasteiger partial charge in [-0.25, -0.2) is 4.79 Å². The van der Waals surface area contributed by atoms with Crippen molar-refractivity contribution < 1.29 is 19.4 Å². The lowest BCUT2D eigenvalue weighted by molar-refractivity contribution is -0.162. The van der Waals surface area contributed by atoms with Gasteiger partial charge in [-0.2, -0.15) is 0 Å². The van der Waals surface area contributed by atoms with E-state index in [9.17, 15) is 9.90 Å². The standard InChI is InChI=1S/C25H35NO4.ClH/c1-4-7-11-19-29-23-16-14-22(15-17-23)25(28,21-12-9-8-10-13-21)24(27)30-20-18-26(5-2)6-3;/h8-10,12-17,28H,4-7,11,18-20H2,1-3H3;1H. The molecule has 0 spiro atoms. The summed E-state index contributed by atoms with van der Waals surface area (Å²) >= 11 is 0. The molecule has 0 saturated carbocycles. The zero-order chi connectivity index (χ0) is 21.8. The normalized spacial score (nSPS) is 12.7. The van der Waals surface area contributed by atoms with Gasteiger partial charge >= 0.3 is 5.97 Å². The molecule has 0 amide bonds. The minimum absolute atomic E-state index is 0. The Bertz CT molecular complexity index is 750. The average molecular weight is 450 g/mol. The zero-order valence-electron chi connectivity index (χ0n) is 18.9. The van der Waals surface area contributed by atoms with Gasteiger partial charge in [-0.1, -0.05) is 76.1 Å². The molecule has 0 bridgehead atoms. The van der Waals surface area contributed by atoms with Crippen molar-refractivity contribution >= 4 is 18.4 Å². The summed E-state index contributed by atoms with van der Waals surface area (Å²) in [6.45, 7) is 9.58. The molecular weight excluding hydrogens is 414 g/mol. The smallest absolute Gasteiger partial charge is 0.347 e. The van der Waals surface area contributed by atoms with Crippen LogP contribution in [-0.4, -0.2) is 48.8 Å². The fraction of sp³-hybridized carbons (Fsp3) is 0.480. The third-order valence-corrected chi connectivity index (χ3v) is 5.31. The number of likely N-dealkylation sites (N-methyl/N-ethyl adjacent to an activating group) is 1. The first-order valence-electron chi connectivity index (χ1n) is 11.0. The van der Waals surface area contributed by atoms with E-state index in [0.29, 0.717) is 24.3 Å². The van der Waals surface area contributed by atoms with Crippen molar-refractivity contribution in [2.45, 2.75) is 45.6 Å². The molecule has 2 aromatic carbocycles. The minimum atomic E-state index is -1.87. The predicted octanol–water partition coefficient (Wildman–Crippen LogP) is 4.80. The van der Waals surface area contributed by atoms with E-state index in [4.69, 9.17) is 9.47 Å². The number of unbranched alkanes of at least 4 members (excludes halogenated alkanes) is 2. The second-order valence-corrected chi connectivity index (χ2v) is 7.32. The number of aliphatic hydroxyl groups is 1. The second-order valence-electron chi connectivity index (χ2n) is 7.32. The third-order valence-electron chi connectivity index (χ3n) is 5.31. The number of carbonyl (C=O) groups excluding carboxylic acids is 1. The van der Waals surface area contributed by atoms with E-state index in [0.717, 1.165) is 38.1 Å². The summed E-state index contributed by atoms with van der Waals surface area (Å²) in [6, 6.07) is 16.0. The average Bonchev–Trinajstić information content (AvgIpc) is 2.80. The monoisotopic (exact) mass is 449 g/mol. The summed E-state index contributed by atoms with van der Waals surface area (Å²) in [4.78, 5) is 15.2. The molecule has 6 heteroatoms. The number of esters is 1.